The van der Waals surface area contributed by atoms with Crippen molar-refractivity contribution in [2.75, 3.05) is 0 Å². The highest BCUT2D eigenvalue weighted by Crippen LogP contribution is 2.59. The minimum atomic E-state index is -7.52. The zero-order valence-electron chi connectivity index (χ0n) is 9.91. The number of hydrogen-bond donors (Lipinski definition) is 0. The third-order valence-corrected chi connectivity index (χ3v) is 2.57. The molecule has 0 saturated heterocycles. The van der Waals surface area contributed by atoms with E-state index in [1.807, 2.05) is 0 Å². The van der Waals surface area contributed by atoms with Gasteiger partial charge >= 0.3 is 23.9 Å². The lowest BCUT2D eigenvalue weighted by molar-refractivity contribution is -0.401. The second-order valence-electron chi connectivity index (χ2n) is 3.98. The topological polar surface area (TPSA) is 0 Å². The van der Waals surface area contributed by atoms with Gasteiger partial charge in [-0.1, -0.05) is 0 Å². The van der Waals surface area contributed by atoms with Crippen molar-refractivity contribution in [2.45, 2.75) is 23.9 Å². The molecule has 0 N–H and O–H groups in total. The predicted molar refractivity (Wildman–Crippen MR) is 45.0 cm³/mol. The number of alkyl halides is 9. The molecule has 0 aromatic heterocycles. The zero-order valence-corrected chi connectivity index (χ0v) is 9.91. The number of benzene rings is 1. The van der Waals surface area contributed by atoms with Gasteiger partial charge in [0.15, 0.2) is 23.3 Å². The van der Waals surface area contributed by atoms with E-state index in [-0.39, 0.29) is 0 Å². The van der Waals surface area contributed by atoms with Gasteiger partial charge in [-0.15, -0.1) is 0 Å². The number of halogens is 13. The fourth-order valence-electron chi connectivity index (χ4n) is 1.49. The van der Waals surface area contributed by atoms with Crippen LogP contribution in [0.5, 0.6) is 0 Å². The standard InChI is InChI=1S/C10F13/c11-2-1-3(12)6(14)4(5(2)13)7(15,16)8(17,9(18,19)20)10(21,22)23. The van der Waals surface area contributed by atoms with Crippen molar-refractivity contribution in [1.82, 2.24) is 0 Å². The average molecular weight is 367 g/mol. The van der Waals surface area contributed by atoms with Crippen LogP contribution in [0.4, 0.5) is 57.1 Å². The first-order valence-electron chi connectivity index (χ1n) is 4.96. The highest BCUT2D eigenvalue weighted by Gasteiger charge is 2.85. The van der Waals surface area contributed by atoms with E-state index >= 15 is 0 Å². The minimum absolute atomic E-state index is 0.447. The van der Waals surface area contributed by atoms with Crippen molar-refractivity contribution in [3.05, 3.63) is 34.9 Å². The Morgan fingerprint density at radius 1 is 0.565 bits per heavy atom. The van der Waals surface area contributed by atoms with Gasteiger partial charge in [0.25, 0.3) is 0 Å². The van der Waals surface area contributed by atoms with Crippen LogP contribution in [0.1, 0.15) is 5.56 Å². The largest absolute Gasteiger partial charge is 0.438 e. The summed E-state index contributed by atoms with van der Waals surface area (Å²) >= 11 is 0. The van der Waals surface area contributed by atoms with Crippen molar-refractivity contribution < 1.29 is 57.1 Å². The van der Waals surface area contributed by atoms with Crippen LogP contribution in [-0.2, 0) is 5.92 Å². The van der Waals surface area contributed by atoms with E-state index < -0.39 is 52.8 Å². The Bertz CT molecular complexity index is 568. The summed E-state index contributed by atoms with van der Waals surface area (Å²) < 4.78 is 165. The quantitative estimate of drug-likeness (QED) is 0.512. The first kappa shape index (κ1) is 19.4. The lowest BCUT2D eigenvalue weighted by Crippen LogP contribution is -2.63. The van der Waals surface area contributed by atoms with E-state index in [1.165, 1.54) is 0 Å². The van der Waals surface area contributed by atoms with Crippen molar-refractivity contribution in [2.24, 2.45) is 0 Å². The van der Waals surface area contributed by atoms with Gasteiger partial charge in [-0.3, -0.25) is 0 Å². The summed E-state index contributed by atoms with van der Waals surface area (Å²) in [4.78, 5) is 0. The molecule has 0 aliphatic heterocycles. The van der Waals surface area contributed by atoms with Crippen LogP contribution < -0.4 is 0 Å². The number of rotatable bonds is 2. The molecule has 0 nitrogen and oxygen atoms in total. The Morgan fingerprint density at radius 2 is 0.870 bits per heavy atom. The van der Waals surface area contributed by atoms with E-state index in [0.29, 0.717) is 6.07 Å². The van der Waals surface area contributed by atoms with Gasteiger partial charge in [0.05, 0.1) is 6.07 Å². The SMILES string of the molecule is Fc1[c]c(F)c(F)c(C(F)(F)C(F)(C(F)(F)F)C(F)(F)F)c1F. The number of hydrogen-bond acceptors (Lipinski definition) is 0. The third kappa shape index (κ3) is 2.59. The summed E-state index contributed by atoms with van der Waals surface area (Å²) in [6.07, 6.45) is -14.9. The summed E-state index contributed by atoms with van der Waals surface area (Å²) in [5, 5.41) is 0. The molecule has 0 bridgehead atoms. The maximum absolute atomic E-state index is 13.4. The molecule has 131 valence electrons. The summed E-state index contributed by atoms with van der Waals surface area (Å²) in [6.45, 7) is 0. The molecule has 0 aliphatic carbocycles. The Balaban J connectivity index is 3.90. The first-order chi connectivity index (χ1) is 10.00. The smallest absolute Gasteiger partial charge is 0.216 e. The first-order valence-corrected chi connectivity index (χ1v) is 4.96. The lowest BCUT2D eigenvalue weighted by Gasteiger charge is -2.36. The van der Waals surface area contributed by atoms with Gasteiger partial charge in [-0.05, 0) is 0 Å². The third-order valence-electron chi connectivity index (χ3n) is 2.57. The van der Waals surface area contributed by atoms with Crippen molar-refractivity contribution in [1.29, 1.82) is 0 Å². The molecule has 0 saturated carbocycles. The van der Waals surface area contributed by atoms with Crippen LogP contribution in [0.2, 0.25) is 0 Å². The van der Waals surface area contributed by atoms with Gasteiger partial charge in [-0.2, -0.15) is 35.1 Å². The molecule has 0 amide bonds. The molecular formula is C10F13. The highest BCUT2D eigenvalue weighted by molar-refractivity contribution is 5.31. The predicted octanol–water partition coefficient (Wildman–Crippen LogP) is 4.97. The molecule has 0 heterocycles. The summed E-state index contributed by atoms with van der Waals surface area (Å²) in [7, 11) is 0. The van der Waals surface area contributed by atoms with E-state index in [2.05, 4.69) is 0 Å². The molecule has 1 aromatic rings. The Hall–Kier alpha value is -1.69. The zero-order chi connectivity index (χ0) is 18.6. The van der Waals surface area contributed by atoms with Crippen LogP contribution in [0, 0.1) is 29.3 Å². The van der Waals surface area contributed by atoms with Crippen LogP contribution in [-0.4, -0.2) is 18.0 Å². The van der Waals surface area contributed by atoms with E-state index in [1.54, 1.807) is 0 Å². The van der Waals surface area contributed by atoms with Crippen molar-refractivity contribution >= 4 is 0 Å². The monoisotopic (exact) mass is 367 g/mol. The van der Waals surface area contributed by atoms with Crippen molar-refractivity contribution in [3.63, 3.8) is 0 Å². The normalized spacial score (nSPS) is 14.3. The second-order valence-corrected chi connectivity index (χ2v) is 3.98. The van der Waals surface area contributed by atoms with E-state index in [9.17, 15) is 57.1 Å². The molecule has 0 aliphatic rings. The molecule has 1 rings (SSSR count). The van der Waals surface area contributed by atoms with Crippen LogP contribution in [0.15, 0.2) is 0 Å². The maximum Gasteiger partial charge on any atom is 0.438 e. The molecule has 0 fully saturated rings. The molecule has 1 radical (unpaired) electrons. The maximum atomic E-state index is 13.4. The molecule has 0 atom stereocenters. The summed E-state index contributed by atoms with van der Waals surface area (Å²) in [5.74, 6) is -19.5. The Kier molecular flexibility index (Phi) is 4.34. The van der Waals surface area contributed by atoms with Gasteiger partial charge in [0.1, 0.15) is 5.56 Å². The van der Waals surface area contributed by atoms with Crippen molar-refractivity contribution in [3.8, 4) is 0 Å². The minimum Gasteiger partial charge on any atom is -0.216 e. The lowest BCUT2D eigenvalue weighted by atomic mass is 9.89. The highest BCUT2D eigenvalue weighted by atomic mass is 19.4. The molecule has 0 unspecified atom stereocenters. The van der Waals surface area contributed by atoms with E-state index in [4.69, 9.17) is 0 Å². The van der Waals surface area contributed by atoms with Gasteiger partial charge in [-0.25, -0.2) is 22.0 Å². The van der Waals surface area contributed by atoms with Crippen LogP contribution in [0.25, 0.3) is 0 Å². The summed E-state index contributed by atoms with van der Waals surface area (Å²) in [5.41, 5.74) is -11.2. The van der Waals surface area contributed by atoms with Gasteiger partial charge in [0, 0.05) is 0 Å². The van der Waals surface area contributed by atoms with Crippen LogP contribution >= 0.6 is 0 Å². The van der Waals surface area contributed by atoms with Gasteiger partial charge < -0.3 is 0 Å². The Morgan fingerprint density at radius 3 is 1.13 bits per heavy atom. The molecule has 1 aromatic carbocycles. The Labute approximate surface area is 117 Å². The molecule has 23 heavy (non-hydrogen) atoms. The van der Waals surface area contributed by atoms with Crippen LogP contribution in [0.3, 0.4) is 0 Å². The molecular weight excluding hydrogens is 367 g/mol. The summed E-state index contributed by atoms with van der Waals surface area (Å²) in [6, 6.07) is 0.447. The molecule has 13 heteroatoms. The van der Waals surface area contributed by atoms with Gasteiger partial charge in [0.2, 0.25) is 0 Å². The fourth-order valence-corrected chi connectivity index (χ4v) is 1.49. The second kappa shape index (κ2) is 5.16. The molecule has 0 spiro atoms. The average Bonchev–Trinajstić information content (AvgIpc) is 2.32. The van der Waals surface area contributed by atoms with E-state index in [0.717, 1.165) is 0 Å². The fraction of sp³-hybridized carbons (Fsp3) is 0.400.